The van der Waals surface area contributed by atoms with E-state index in [-0.39, 0.29) is 11.0 Å². The van der Waals surface area contributed by atoms with Crippen molar-refractivity contribution in [2.24, 2.45) is 14.1 Å². The number of imidazole rings is 1. The first-order valence-corrected chi connectivity index (χ1v) is 2.69. The molecule has 60 valence electrons. The van der Waals surface area contributed by atoms with Gasteiger partial charge in [-0.25, -0.2) is 9.13 Å². The fourth-order valence-electron chi connectivity index (χ4n) is 0.665. The molecule has 1 heterocycles. The zero-order valence-electron chi connectivity index (χ0n) is 6.50. The van der Waals surface area contributed by atoms with E-state index in [1.165, 1.54) is 5.82 Å². The van der Waals surface area contributed by atoms with Crippen molar-refractivity contribution in [1.82, 2.24) is 4.57 Å². The van der Waals surface area contributed by atoms with Crippen LogP contribution in [-0.2, 0) is 14.1 Å². The molecule has 0 spiro atoms. The minimum Gasteiger partial charge on any atom is -0.870 e. The highest BCUT2D eigenvalue weighted by atomic mass is 16.0. The minimum atomic E-state index is 0. The Labute approximate surface area is 60.3 Å². The van der Waals surface area contributed by atoms with Gasteiger partial charge in [0.2, 0.25) is 0 Å². The molecule has 10 heavy (non-hydrogen) atoms. The number of hydrogen-bond donors (Lipinski definition) is 0. The smallest absolute Gasteiger partial charge is 0.252 e. The van der Waals surface area contributed by atoms with Crippen LogP contribution < -0.4 is 4.57 Å². The lowest BCUT2D eigenvalue weighted by atomic mass is 10.7. The lowest BCUT2D eigenvalue weighted by Gasteiger charge is -1.84. The second kappa shape index (κ2) is 4.03. The quantitative estimate of drug-likeness (QED) is 0.440. The summed E-state index contributed by atoms with van der Waals surface area (Å²) in [4.78, 5) is 0. The Kier molecular flexibility index (Phi) is 4.78. The molecule has 0 unspecified atom stereocenters. The van der Waals surface area contributed by atoms with E-state index in [2.05, 4.69) is 16.1 Å². The van der Waals surface area contributed by atoms with Gasteiger partial charge in [-0.15, -0.1) is 0 Å². The highest BCUT2D eigenvalue weighted by Crippen LogP contribution is 1.84. The predicted octanol–water partition coefficient (Wildman–Crippen LogP) is -0.843. The molecule has 4 heteroatoms. The molecule has 1 rings (SSSR count). The van der Waals surface area contributed by atoms with Crippen LogP contribution in [0.1, 0.15) is 5.82 Å². The van der Waals surface area contributed by atoms with Crippen LogP contribution in [0.2, 0.25) is 0 Å². The van der Waals surface area contributed by atoms with Crippen LogP contribution in [0, 0.1) is 6.92 Å². The Morgan fingerprint density at radius 2 is 2.00 bits per heavy atom. The molecule has 4 nitrogen and oxygen atoms in total. The van der Waals surface area contributed by atoms with Crippen LogP contribution in [0.3, 0.4) is 0 Å². The second-order valence-electron chi connectivity index (χ2n) is 2.07. The number of hydrogen-bond acceptors (Lipinski definition) is 1. The highest BCUT2D eigenvalue weighted by molar-refractivity contribution is 4.75. The van der Waals surface area contributed by atoms with E-state index in [1.54, 1.807) is 0 Å². The van der Waals surface area contributed by atoms with Crippen molar-refractivity contribution < 1.29 is 15.5 Å². The maximum atomic E-state index is 2.08. The molecule has 1 aromatic heterocycles. The maximum absolute atomic E-state index is 2.08. The second-order valence-corrected chi connectivity index (χ2v) is 2.07. The summed E-state index contributed by atoms with van der Waals surface area (Å²) in [5.41, 5.74) is 0. The zero-order valence-corrected chi connectivity index (χ0v) is 6.50. The number of rotatable bonds is 0. The predicted molar refractivity (Wildman–Crippen MR) is 36.9 cm³/mol. The van der Waals surface area contributed by atoms with Gasteiger partial charge in [0.05, 0.1) is 14.1 Å². The van der Waals surface area contributed by atoms with Gasteiger partial charge in [0.25, 0.3) is 5.82 Å². The van der Waals surface area contributed by atoms with Gasteiger partial charge in [0.15, 0.2) is 0 Å². The number of aromatic nitrogens is 2. The molecule has 0 amide bonds. The first kappa shape index (κ1) is 11.9. The summed E-state index contributed by atoms with van der Waals surface area (Å²) in [5, 5.41) is 0. The minimum absolute atomic E-state index is 0. The summed E-state index contributed by atoms with van der Waals surface area (Å²) in [6, 6.07) is 0. The lowest BCUT2D eigenvalue weighted by Crippen LogP contribution is -2.29. The molecule has 0 aliphatic carbocycles. The lowest BCUT2D eigenvalue weighted by molar-refractivity contribution is -0.677. The van der Waals surface area contributed by atoms with Gasteiger partial charge in [-0.05, 0) is 0 Å². The first-order chi connectivity index (χ1) is 3.72. The Morgan fingerprint density at radius 3 is 2.10 bits per heavy atom. The molecular formula is C6H14N2O2. The van der Waals surface area contributed by atoms with Crippen molar-refractivity contribution in [1.29, 1.82) is 0 Å². The summed E-state index contributed by atoms with van der Waals surface area (Å²) in [6.45, 7) is 2.08. The van der Waals surface area contributed by atoms with Crippen molar-refractivity contribution in [3.8, 4) is 0 Å². The van der Waals surface area contributed by atoms with Gasteiger partial charge in [0, 0.05) is 6.92 Å². The fraction of sp³-hybridized carbons (Fsp3) is 0.500. The van der Waals surface area contributed by atoms with Crippen LogP contribution in [0.4, 0.5) is 0 Å². The van der Waals surface area contributed by atoms with Crippen LogP contribution in [0.5, 0.6) is 0 Å². The summed E-state index contributed by atoms with van der Waals surface area (Å²) >= 11 is 0. The largest absolute Gasteiger partial charge is 0.870 e. The summed E-state index contributed by atoms with van der Waals surface area (Å²) in [7, 11) is 4.07. The molecule has 0 aliphatic heterocycles. The van der Waals surface area contributed by atoms with Crippen molar-refractivity contribution >= 4 is 0 Å². The molecule has 0 saturated heterocycles. The third-order valence-electron chi connectivity index (χ3n) is 1.53. The monoisotopic (exact) mass is 146 g/mol. The van der Waals surface area contributed by atoms with Gasteiger partial charge in [-0.3, -0.25) is 0 Å². The van der Waals surface area contributed by atoms with E-state index in [4.69, 9.17) is 0 Å². The third-order valence-corrected chi connectivity index (χ3v) is 1.53. The molecule has 0 aromatic carbocycles. The topological polar surface area (TPSA) is 70.3 Å². The molecule has 3 N–H and O–H groups in total. The van der Waals surface area contributed by atoms with E-state index in [0.29, 0.717) is 0 Å². The van der Waals surface area contributed by atoms with Gasteiger partial charge in [-0.1, -0.05) is 0 Å². The van der Waals surface area contributed by atoms with Crippen molar-refractivity contribution in [2.45, 2.75) is 6.92 Å². The summed E-state index contributed by atoms with van der Waals surface area (Å²) in [6.07, 6.45) is 4.07. The summed E-state index contributed by atoms with van der Waals surface area (Å²) < 4.78 is 4.17. The molecular weight excluding hydrogens is 132 g/mol. The average molecular weight is 146 g/mol. The molecule has 0 aliphatic rings. The third kappa shape index (κ3) is 1.82. The maximum Gasteiger partial charge on any atom is 0.252 e. The van der Waals surface area contributed by atoms with Gasteiger partial charge < -0.3 is 11.0 Å². The van der Waals surface area contributed by atoms with Crippen LogP contribution in [0.25, 0.3) is 0 Å². The van der Waals surface area contributed by atoms with Gasteiger partial charge in [-0.2, -0.15) is 0 Å². The highest BCUT2D eigenvalue weighted by Gasteiger charge is 2.00. The molecule has 0 fully saturated rings. The molecule has 0 bridgehead atoms. The van der Waals surface area contributed by atoms with E-state index in [0.717, 1.165) is 0 Å². The number of nitrogens with zero attached hydrogens (tertiary/aromatic N) is 2. The molecule has 0 radical (unpaired) electrons. The van der Waals surface area contributed by atoms with Crippen molar-refractivity contribution in [2.75, 3.05) is 0 Å². The molecule has 1 aromatic rings. The van der Waals surface area contributed by atoms with Crippen LogP contribution >= 0.6 is 0 Å². The zero-order chi connectivity index (χ0) is 6.15. The SMILES string of the molecule is Cc1n(C)cc[n+]1C.O.[OH-]. The summed E-state index contributed by atoms with van der Waals surface area (Å²) in [5.74, 6) is 1.27. The van der Waals surface area contributed by atoms with Crippen LogP contribution in [0.15, 0.2) is 12.4 Å². The van der Waals surface area contributed by atoms with E-state index >= 15 is 0 Å². The standard InChI is InChI=1S/C6H11N2.2H2O/c1-6-7(2)4-5-8(6)3;;/h4-5H,1-3H3;2*1H2/q+1;;/p-1. The Morgan fingerprint density at radius 1 is 1.50 bits per heavy atom. The van der Waals surface area contributed by atoms with Crippen molar-refractivity contribution in [3.05, 3.63) is 18.2 Å². The first-order valence-electron chi connectivity index (χ1n) is 2.69. The Hall–Kier alpha value is -0.870. The van der Waals surface area contributed by atoms with Gasteiger partial charge >= 0.3 is 0 Å². The Bertz CT molecular complexity index is 176. The Balaban J connectivity index is 0. The van der Waals surface area contributed by atoms with Crippen molar-refractivity contribution in [3.63, 3.8) is 0 Å². The van der Waals surface area contributed by atoms with E-state index < -0.39 is 0 Å². The number of aryl methyl sites for hydroxylation is 2. The van der Waals surface area contributed by atoms with E-state index in [1.807, 2.05) is 26.5 Å². The average Bonchev–Trinajstić information content (AvgIpc) is 1.98. The molecule has 0 atom stereocenters. The molecule has 0 saturated carbocycles. The normalized spacial score (nSPS) is 7.90. The van der Waals surface area contributed by atoms with E-state index in [9.17, 15) is 0 Å². The van der Waals surface area contributed by atoms with Gasteiger partial charge in [0.1, 0.15) is 12.4 Å². The fourth-order valence-corrected chi connectivity index (χ4v) is 0.665. The van der Waals surface area contributed by atoms with Crippen LogP contribution in [-0.4, -0.2) is 15.5 Å².